The molecule has 0 unspecified atom stereocenters. The summed E-state index contributed by atoms with van der Waals surface area (Å²) in [5.41, 5.74) is 0.250. The summed E-state index contributed by atoms with van der Waals surface area (Å²) in [5.74, 6) is -0.528. The van der Waals surface area contributed by atoms with E-state index in [9.17, 15) is 18.0 Å². The Bertz CT molecular complexity index is 386. The molecule has 0 aliphatic carbocycles. The normalized spacial score (nSPS) is 11.3. The highest BCUT2D eigenvalue weighted by atomic mass is 19.4. The van der Waals surface area contributed by atoms with Gasteiger partial charge in [-0.1, -0.05) is 25.5 Å². The molecule has 0 saturated heterocycles. The number of benzene rings is 1. The van der Waals surface area contributed by atoms with Crippen molar-refractivity contribution in [3.63, 3.8) is 0 Å². The van der Waals surface area contributed by atoms with Gasteiger partial charge in [-0.25, -0.2) is 0 Å². The van der Waals surface area contributed by atoms with Crippen molar-refractivity contribution in [2.24, 2.45) is 0 Å². The Kier molecular flexibility index (Phi) is 4.54. The van der Waals surface area contributed by atoms with Crippen molar-refractivity contribution in [1.29, 1.82) is 0 Å². The lowest BCUT2D eigenvalue weighted by atomic mass is 10.1. The molecule has 0 spiro atoms. The molecular weight excluding hydrogens is 233 g/mol. The molecule has 17 heavy (non-hydrogen) atoms. The van der Waals surface area contributed by atoms with Crippen LogP contribution in [0.15, 0.2) is 24.3 Å². The molecule has 0 fully saturated rings. The maximum absolute atomic E-state index is 12.0. The first-order valence-electron chi connectivity index (χ1n) is 5.31. The lowest BCUT2D eigenvalue weighted by Crippen LogP contribution is -2.17. The molecule has 0 heterocycles. The molecule has 0 aliphatic rings. The highest BCUT2D eigenvalue weighted by Crippen LogP contribution is 2.23. The molecular formula is C12H13F3O2. The number of ether oxygens (including phenoxy) is 1. The van der Waals surface area contributed by atoms with E-state index in [0.29, 0.717) is 6.42 Å². The van der Waals surface area contributed by atoms with Crippen LogP contribution in [0.2, 0.25) is 0 Å². The highest BCUT2D eigenvalue weighted by molar-refractivity contribution is 5.96. The van der Waals surface area contributed by atoms with E-state index in [1.807, 2.05) is 6.92 Å². The maximum Gasteiger partial charge on any atom is 0.573 e. The molecule has 0 aliphatic heterocycles. The average molecular weight is 246 g/mol. The summed E-state index contributed by atoms with van der Waals surface area (Å²) in [7, 11) is 0. The zero-order chi connectivity index (χ0) is 12.9. The van der Waals surface area contributed by atoms with Crippen LogP contribution >= 0.6 is 0 Å². The standard InChI is InChI=1S/C12H13F3O2/c1-2-3-7-11(16)9-5-4-6-10(8-9)17-12(13,14)15/h4-6,8H,2-3,7H2,1H3. The number of carbonyl (C=O) groups excluding carboxylic acids is 1. The highest BCUT2D eigenvalue weighted by Gasteiger charge is 2.31. The zero-order valence-corrected chi connectivity index (χ0v) is 9.38. The van der Waals surface area contributed by atoms with Crippen molar-refractivity contribution in [2.75, 3.05) is 0 Å². The Morgan fingerprint density at radius 1 is 1.35 bits per heavy atom. The average Bonchev–Trinajstić information content (AvgIpc) is 2.24. The van der Waals surface area contributed by atoms with Crippen LogP contribution < -0.4 is 4.74 Å². The minimum Gasteiger partial charge on any atom is -0.406 e. The Morgan fingerprint density at radius 3 is 2.65 bits per heavy atom. The fourth-order valence-corrected chi connectivity index (χ4v) is 1.35. The molecule has 2 nitrogen and oxygen atoms in total. The van der Waals surface area contributed by atoms with Crippen molar-refractivity contribution in [3.8, 4) is 5.75 Å². The van der Waals surface area contributed by atoms with Crippen LogP contribution in [-0.4, -0.2) is 12.1 Å². The van der Waals surface area contributed by atoms with Gasteiger partial charge in [0.05, 0.1) is 0 Å². The number of hydrogen-bond donors (Lipinski definition) is 0. The lowest BCUT2D eigenvalue weighted by Gasteiger charge is -2.09. The summed E-state index contributed by atoms with van der Waals surface area (Å²) in [5, 5.41) is 0. The lowest BCUT2D eigenvalue weighted by molar-refractivity contribution is -0.274. The zero-order valence-electron chi connectivity index (χ0n) is 9.38. The summed E-state index contributed by atoms with van der Waals surface area (Å²) in [4.78, 5) is 11.6. The molecule has 1 aromatic rings. The van der Waals surface area contributed by atoms with Crippen LogP contribution in [0.25, 0.3) is 0 Å². The second-order valence-electron chi connectivity index (χ2n) is 3.60. The third kappa shape index (κ3) is 4.89. The van der Waals surface area contributed by atoms with Crippen molar-refractivity contribution in [2.45, 2.75) is 32.5 Å². The first-order chi connectivity index (χ1) is 7.92. The molecule has 0 bridgehead atoms. The molecule has 0 saturated carbocycles. The summed E-state index contributed by atoms with van der Waals surface area (Å²) < 4.78 is 39.7. The van der Waals surface area contributed by atoms with Crippen molar-refractivity contribution < 1.29 is 22.7 Å². The van der Waals surface area contributed by atoms with E-state index in [0.717, 1.165) is 18.9 Å². The summed E-state index contributed by atoms with van der Waals surface area (Å²) >= 11 is 0. The summed E-state index contributed by atoms with van der Waals surface area (Å²) in [6.07, 6.45) is -2.80. The number of halogens is 3. The summed E-state index contributed by atoms with van der Waals surface area (Å²) in [6.45, 7) is 1.94. The molecule has 1 aromatic carbocycles. The van der Waals surface area contributed by atoms with Gasteiger partial charge in [-0.3, -0.25) is 4.79 Å². The van der Waals surface area contributed by atoms with Crippen LogP contribution in [0.5, 0.6) is 5.75 Å². The molecule has 94 valence electrons. The minimum atomic E-state index is -4.73. The first-order valence-corrected chi connectivity index (χ1v) is 5.31. The molecule has 0 atom stereocenters. The molecule has 5 heteroatoms. The molecule has 0 amide bonds. The van der Waals surface area contributed by atoms with Gasteiger partial charge in [0, 0.05) is 12.0 Å². The quantitative estimate of drug-likeness (QED) is 0.735. The first kappa shape index (κ1) is 13.5. The van der Waals surface area contributed by atoms with Gasteiger partial charge in [0.1, 0.15) is 5.75 Å². The predicted octanol–water partition coefficient (Wildman–Crippen LogP) is 3.96. The van der Waals surface area contributed by atoms with Crippen LogP contribution in [-0.2, 0) is 0 Å². The topological polar surface area (TPSA) is 26.3 Å². The van der Waals surface area contributed by atoms with E-state index >= 15 is 0 Å². The second-order valence-corrected chi connectivity index (χ2v) is 3.60. The largest absolute Gasteiger partial charge is 0.573 e. The van der Waals surface area contributed by atoms with Gasteiger partial charge in [-0.15, -0.1) is 13.2 Å². The number of unbranched alkanes of at least 4 members (excludes halogenated alkanes) is 1. The summed E-state index contributed by atoms with van der Waals surface area (Å²) in [6, 6.07) is 5.15. The molecule has 0 aromatic heterocycles. The smallest absolute Gasteiger partial charge is 0.406 e. The Balaban J connectivity index is 2.75. The van der Waals surface area contributed by atoms with Crippen LogP contribution in [0.1, 0.15) is 36.5 Å². The third-order valence-corrected chi connectivity index (χ3v) is 2.15. The van der Waals surface area contributed by atoms with Gasteiger partial charge in [-0.05, 0) is 18.6 Å². The predicted molar refractivity (Wildman–Crippen MR) is 57.0 cm³/mol. The van der Waals surface area contributed by atoms with E-state index in [2.05, 4.69) is 4.74 Å². The second kappa shape index (κ2) is 5.70. The Labute approximate surface area is 97.4 Å². The Hall–Kier alpha value is -1.52. The van der Waals surface area contributed by atoms with E-state index < -0.39 is 6.36 Å². The maximum atomic E-state index is 12.0. The van der Waals surface area contributed by atoms with Crippen molar-refractivity contribution >= 4 is 5.78 Å². The molecule has 0 N–H and O–H groups in total. The van der Waals surface area contributed by atoms with E-state index in [4.69, 9.17) is 0 Å². The van der Waals surface area contributed by atoms with Gasteiger partial charge in [0.25, 0.3) is 0 Å². The van der Waals surface area contributed by atoms with Crippen LogP contribution in [0.3, 0.4) is 0 Å². The van der Waals surface area contributed by atoms with Gasteiger partial charge >= 0.3 is 6.36 Å². The number of rotatable bonds is 5. The van der Waals surface area contributed by atoms with E-state index in [1.165, 1.54) is 18.2 Å². The molecule has 1 rings (SSSR count). The van der Waals surface area contributed by atoms with E-state index in [-0.39, 0.29) is 17.1 Å². The number of alkyl halides is 3. The minimum absolute atomic E-state index is 0.167. The monoisotopic (exact) mass is 246 g/mol. The number of Topliss-reactive ketones (excluding diaryl/α,β-unsaturated/α-hetero) is 1. The fraction of sp³-hybridized carbons (Fsp3) is 0.417. The van der Waals surface area contributed by atoms with Crippen molar-refractivity contribution in [3.05, 3.63) is 29.8 Å². The number of hydrogen-bond acceptors (Lipinski definition) is 2. The van der Waals surface area contributed by atoms with E-state index in [1.54, 1.807) is 0 Å². The number of ketones is 1. The molecule has 0 radical (unpaired) electrons. The van der Waals surface area contributed by atoms with Gasteiger partial charge < -0.3 is 4.74 Å². The van der Waals surface area contributed by atoms with Crippen LogP contribution in [0, 0.1) is 0 Å². The number of carbonyl (C=O) groups is 1. The van der Waals surface area contributed by atoms with Gasteiger partial charge in [0.15, 0.2) is 5.78 Å². The Morgan fingerprint density at radius 2 is 2.06 bits per heavy atom. The third-order valence-electron chi connectivity index (χ3n) is 2.15. The van der Waals surface area contributed by atoms with Crippen LogP contribution in [0.4, 0.5) is 13.2 Å². The van der Waals surface area contributed by atoms with Gasteiger partial charge in [0.2, 0.25) is 0 Å². The van der Waals surface area contributed by atoms with Gasteiger partial charge in [-0.2, -0.15) is 0 Å². The van der Waals surface area contributed by atoms with Crippen molar-refractivity contribution in [1.82, 2.24) is 0 Å². The fourth-order valence-electron chi connectivity index (χ4n) is 1.35. The SMILES string of the molecule is CCCCC(=O)c1cccc(OC(F)(F)F)c1.